The van der Waals surface area contributed by atoms with Crippen molar-refractivity contribution in [1.29, 1.82) is 0 Å². The minimum Gasteiger partial charge on any atom is -0.340 e. The van der Waals surface area contributed by atoms with Crippen molar-refractivity contribution in [3.63, 3.8) is 0 Å². The summed E-state index contributed by atoms with van der Waals surface area (Å²) in [4.78, 5) is 25.4. The van der Waals surface area contributed by atoms with Crippen molar-refractivity contribution in [2.24, 2.45) is 0 Å². The van der Waals surface area contributed by atoms with Gasteiger partial charge in [0, 0.05) is 53.5 Å². The first-order valence-electron chi connectivity index (χ1n) is 10.4. The van der Waals surface area contributed by atoms with E-state index in [-0.39, 0.29) is 5.91 Å². The lowest BCUT2D eigenvalue weighted by Gasteiger charge is -2.10. The van der Waals surface area contributed by atoms with Crippen molar-refractivity contribution in [3.8, 4) is 11.5 Å². The van der Waals surface area contributed by atoms with E-state index in [0.717, 1.165) is 23.0 Å². The fraction of sp³-hybridized carbons (Fsp3) is 0.0400. The molecule has 0 saturated carbocycles. The van der Waals surface area contributed by atoms with Crippen molar-refractivity contribution in [3.05, 3.63) is 109 Å². The van der Waals surface area contributed by atoms with Crippen LogP contribution in [0.15, 0.2) is 97.8 Å². The molecule has 0 fully saturated rings. The molecule has 1 amide bonds. The Morgan fingerprint density at radius 3 is 2.27 bits per heavy atom. The van der Waals surface area contributed by atoms with Crippen LogP contribution >= 0.6 is 0 Å². The molecule has 3 aromatic heterocycles. The van der Waals surface area contributed by atoms with E-state index in [9.17, 15) is 4.79 Å². The minimum atomic E-state index is -0.161. The molecule has 8 nitrogen and oxygen atoms in total. The summed E-state index contributed by atoms with van der Waals surface area (Å²) in [5.74, 6) is 2.08. The SMILES string of the molecule is Cc1nccn1-c1cc(Nc2ccc(NC(=O)c3ccc(-n4cccc4)cc3)cc2)ncn1. The molecule has 0 aliphatic heterocycles. The normalized spacial score (nSPS) is 10.7. The molecule has 0 atom stereocenters. The molecule has 0 saturated heterocycles. The van der Waals surface area contributed by atoms with Crippen LogP contribution in [0.25, 0.3) is 11.5 Å². The maximum atomic E-state index is 12.6. The van der Waals surface area contributed by atoms with E-state index in [0.29, 0.717) is 17.1 Å². The first-order chi connectivity index (χ1) is 16.2. The van der Waals surface area contributed by atoms with Gasteiger partial charge in [0.2, 0.25) is 0 Å². The molecule has 5 rings (SSSR count). The highest BCUT2D eigenvalue weighted by molar-refractivity contribution is 6.04. The predicted molar refractivity (Wildman–Crippen MR) is 127 cm³/mol. The van der Waals surface area contributed by atoms with Crippen LogP contribution in [-0.4, -0.2) is 30.0 Å². The molecule has 5 aromatic rings. The first-order valence-corrected chi connectivity index (χ1v) is 10.4. The molecule has 33 heavy (non-hydrogen) atoms. The first kappa shape index (κ1) is 20.2. The van der Waals surface area contributed by atoms with E-state index in [1.54, 1.807) is 6.20 Å². The lowest BCUT2D eigenvalue weighted by Crippen LogP contribution is -2.11. The van der Waals surface area contributed by atoms with Gasteiger partial charge >= 0.3 is 0 Å². The average Bonchev–Trinajstić information content (AvgIpc) is 3.53. The Bertz CT molecular complexity index is 1370. The van der Waals surface area contributed by atoms with Gasteiger partial charge in [-0.05, 0) is 67.6 Å². The van der Waals surface area contributed by atoms with Gasteiger partial charge in [-0.2, -0.15) is 0 Å². The van der Waals surface area contributed by atoms with E-state index in [4.69, 9.17) is 0 Å². The lowest BCUT2D eigenvalue weighted by molar-refractivity contribution is 0.102. The summed E-state index contributed by atoms with van der Waals surface area (Å²) in [6.45, 7) is 1.92. The third kappa shape index (κ3) is 4.49. The van der Waals surface area contributed by atoms with Crippen molar-refractivity contribution in [2.75, 3.05) is 10.6 Å². The third-order valence-electron chi connectivity index (χ3n) is 5.17. The number of imidazole rings is 1. The fourth-order valence-corrected chi connectivity index (χ4v) is 3.45. The Morgan fingerprint density at radius 1 is 0.848 bits per heavy atom. The Kier molecular flexibility index (Phi) is 5.38. The van der Waals surface area contributed by atoms with Gasteiger partial charge in [0.25, 0.3) is 5.91 Å². The highest BCUT2D eigenvalue weighted by atomic mass is 16.1. The highest BCUT2D eigenvalue weighted by Gasteiger charge is 2.08. The van der Waals surface area contributed by atoms with Gasteiger partial charge in [0.05, 0.1) is 0 Å². The Hall–Kier alpha value is -4.72. The number of anilines is 3. The van der Waals surface area contributed by atoms with Gasteiger partial charge < -0.3 is 15.2 Å². The summed E-state index contributed by atoms with van der Waals surface area (Å²) in [6, 6.07) is 20.7. The summed E-state index contributed by atoms with van der Waals surface area (Å²) in [5, 5.41) is 6.19. The number of nitrogens with one attached hydrogen (secondary N) is 2. The number of nitrogens with zero attached hydrogens (tertiary/aromatic N) is 5. The largest absolute Gasteiger partial charge is 0.340 e. The number of amides is 1. The van der Waals surface area contributed by atoms with Crippen LogP contribution in [0.3, 0.4) is 0 Å². The predicted octanol–water partition coefficient (Wildman–Crippen LogP) is 4.76. The molecule has 0 aliphatic carbocycles. The van der Waals surface area contributed by atoms with Crippen LogP contribution < -0.4 is 10.6 Å². The van der Waals surface area contributed by atoms with Gasteiger partial charge in [-0.1, -0.05) is 0 Å². The molecule has 0 spiro atoms. The third-order valence-corrected chi connectivity index (χ3v) is 5.17. The standard InChI is InChI=1S/C25H21N7O/c1-18-26-12-15-32(18)24-16-23(27-17-28-24)29-20-6-8-21(9-7-20)30-25(33)19-4-10-22(11-5-19)31-13-2-3-14-31/h2-17H,1H3,(H,30,33)(H,27,28,29). The topological polar surface area (TPSA) is 89.7 Å². The van der Waals surface area contributed by atoms with Crippen molar-refractivity contribution in [1.82, 2.24) is 24.1 Å². The fourth-order valence-electron chi connectivity index (χ4n) is 3.45. The zero-order valence-electron chi connectivity index (χ0n) is 17.9. The van der Waals surface area contributed by atoms with Crippen molar-refractivity contribution < 1.29 is 4.79 Å². The number of carbonyl (C=O) groups excluding carboxylic acids is 1. The van der Waals surface area contributed by atoms with E-state index in [2.05, 4.69) is 25.6 Å². The zero-order valence-corrected chi connectivity index (χ0v) is 17.9. The number of carbonyl (C=O) groups is 1. The smallest absolute Gasteiger partial charge is 0.255 e. The van der Waals surface area contributed by atoms with Crippen LogP contribution in [0.2, 0.25) is 0 Å². The Morgan fingerprint density at radius 2 is 1.58 bits per heavy atom. The van der Waals surface area contributed by atoms with E-state index < -0.39 is 0 Å². The van der Waals surface area contributed by atoms with Crippen LogP contribution in [0.4, 0.5) is 17.2 Å². The molecule has 3 heterocycles. The summed E-state index contributed by atoms with van der Waals surface area (Å²) in [5.41, 5.74) is 3.15. The maximum absolute atomic E-state index is 12.6. The van der Waals surface area contributed by atoms with Crippen LogP contribution in [0.1, 0.15) is 16.2 Å². The number of rotatable bonds is 6. The maximum Gasteiger partial charge on any atom is 0.255 e. The van der Waals surface area contributed by atoms with E-state index in [1.807, 2.05) is 101 Å². The molecule has 2 aromatic carbocycles. The average molecular weight is 435 g/mol. The molecule has 0 radical (unpaired) electrons. The number of benzene rings is 2. The van der Waals surface area contributed by atoms with Gasteiger partial charge in [0.15, 0.2) is 0 Å². The van der Waals surface area contributed by atoms with Gasteiger partial charge in [0.1, 0.15) is 23.8 Å². The van der Waals surface area contributed by atoms with E-state index in [1.165, 1.54) is 6.33 Å². The molecule has 0 unspecified atom stereocenters. The minimum absolute atomic E-state index is 0.161. The molecule has 0 bridgehead atoms. The van der Waals surface area contributed by atoms with Gasteiger partial charge in [-0.25, -0.2) is 15.0 Å². The number of hydrogen-bond acceptors (Lipinski definition) is 5. The second-order valence-electron chi connectivity index (χ2n) is 7.40. The molecule has 8 heteroatoms. The summed E-state index contributed by atoms with van der Waals surface area (Å²) in [7, 11) is 0. The quantitative estimate of drug-likeness (QED) is 0.401. The molecule has 162 valence electrons. The molecule has 2 N–H and O–H groups in total. The summed E-state index contributed by atoms with van der Waals surface area (Å²) < 4.78 is 3.88. The van der Waals surface area contributed by atoms with Crippen LogP contribution in [0, 0.1) is 6.92 Å². The Labute approximate surface area is 190 Å². The number of hydrogen-bond donors (Lipinski definition) is 2. The second kappa shape index (κ2) is 8.80. The molecule has 0 aliphatic rings. The van der Waals surface area contributed by atoms with Crippen LogP contribution in [0.5, 0.6) is 0 Å². The summed E-state index contributed by atoms with van der Waals surface area (Å²) >= 11 is 0. The lowest BCUT2D eigenvalue weighted by atomic mass is 10.2. The van der Waals surface area contributed by atoms with Gasteiger partial charge in [-0.3, -0.25) is 9.36 Å². The van der Waals surface area contributed by atoms with Crippen LogP contribution in [-0.2, 0) is 0 Å². The monoisotopic (exact) mass is 435 g/mol. The Balaban J connectivity index is 1.24. The molecular weight excluding hydrogens is 414 g/mol. The van der Waals surface area contributed by atoms with Crippen molar-refractivity contribution in [2.45, 2.75) is 6.92 Å². The summed E-state index contributed by atoms with van der Waals surface area (Å²) in [6.07, 6.45) is 9.02. The number of aryl methyl sites for hydroxylation is 1. The van der Waals surface area contributed by atoms with E-state index >= 15 is 0 Å². The second-order valence-corrected chi connectivity index (χ2v) is 7.40. The number of aromatic nitrogens is 5. The highest BCUT2D eigenvalue weighted by Crippen LogP contribution is 2.20. The van der Waals surface area contributed by atoms with Gasteiger partial charge in [-0.15, -0.1) is 0 Å². The zero-order chi connectivity index (χ0) is 22.6. The van der Waals surface area contributed by atoms with Crippen molar-refractivity contribution >= 4 is 23.1 Å². The molecular formula is C25H21N7O.